The molecule has 0 bridgehead atoms. The highest BCUT2D eigenvalue weighted by Crippen LogP contribution is 2.29. The molecule has 0 amide bonds. The Balaban J connectivity index is 2.48. The Hall–Kier alpha value is -1.46. The molecule has 1 aromatic heterocycles. The number of aromatic nitrogens is 1. The van der Waals surface area contributed by atoms with E-state index in [9.17, 15) is 4.79 Å². The van der Waals surface area contributed by atoms with Gasteiger partial charge in [0.05, 0.1) is 4.88 Å². The van der Waals surface area contributed by atoms with Gasteiger partial charge in [-0.3, -0.25) is 0 Å². The number of benzene rings is 1. The molecule has 2 aromatic rings. The molecule has 0 radical (unpaired) electrons. The predicted molar refractivity (Wildman–Crippen MR) is 76.0 cm³/mol. The van der Waals surface area contributed by atoms with E-state index in [0.29, 0.717) is 14.7 Å². The van der Waals surface area contributed by atoms with Crippen LogP contribution in [0.4, 0.5) is 0 Å². The molecule has 18 heavy (non-hydrogen) atoms. The summed E-state index contributed by atoms with van der Waals surface area (Å²) in [5.41, 5.74) is 2.28. The van der Waals surface area contributed by atoms with Crippen LogP contribution in [-0.4, -0.2) is 16.1 Å². The third-order valence-corrected chi connectivity index (χ3v) is 3.99. The molecule has 0 aliphatic carbocycles. The number of rotatable bonds is 3. The second-order valence-electron chi connectivity index (χ2n) is 4.30. The molecule has 3 nitrogen and oxygen atoms in total. The van der Waals surface area contributed by atoms with Crippen LogP contribution in [-0.2, 0) is 0 Å². The van der Waals surface area contributed by atoms with Crippen LogP contribution < -0.4 is 0 Å². The standard InChI is InChI=1S/C13H13NO2S2/c1-7(2)8-3-5-9(6-4-8)11-10(12(15)16)14-13(17)18-11/h3-7H,1-2H3,(H,14,17)(H,15,16). The lowest BCUT2D eigenvalue weighted by molar-refractivity contribution is 0.0692. The summed E-state index contributed by atoms with van der Waals surface area (Å²) in [6, 6.07) is 7.93. The van der Waals surface area contributed by atoms with Gasteiger partial charge in [-0.2, -0.15) is 0 Å². The number of hydrogen-bond acceptors (Lipinski definition) is 3. The van der Waals surface area contributed by atoms with Gasteiger partial charge in [-0.1, -0.05) is 38.1 Å². The SMILES string of the molecule is CC(C)c1ccc(-c2sc(=S)[nH]c2C(=O)O)cc1. The van der Waals surface area contributed by atoms with Crippen molar-refractivity contribution < 1.29 is 9.90 Å². The van der Waals surface area contributed by atoms with E-state index in [1.807, 2.05) is 24.3 Å². The Morgan fingerprint density at radius 2 is 1.94 bits per heavy atom. The molecule has 0 unspecified atom stereocenters. The van der Waals surface area contributed by atoms with Crippen molar-refractivity contribution in [2.75, 3.05) is 0 Å². The summed E-state index contributed by atoms with van der Waals surface area (Å²) in [7, 11) is 0. The van der Waals surface area contributed by atoms with E-state index in [1.54, 1.807) is 0 Å². The molecule has 0 saturated carbocycles. The molecule has 1 heterocycles. The lowest BCUT2D eigenvalue weighted by atomic mass is 10.0. The zero-order chi connectivity index (χ0) is 13.3. The van der Waals surface area contributed by atoms with Crippen LogP contribution in [0.1, 0.15) is 35.8 Å². The first-order valence-electron chi connectivity index (χ1n) is 5.55. The number of carbonyl (C=O) groups is 1. The van der Waals surface area contributed by atoms with Crippen molar-refractivity contribution in [1.29, 1.82) is 0 Å². The summed E-state index contributed by atoms with van der Waals surface area (Å²) in [5.74, 6) is -0.521. The van der Waals surface area contributed by atoms with Gasteiger partial charge in [-0.25, -0.2) is 4.79 Å². The number of aromatic amines is 1. The fraction of sp³-hybridized carbons (Fsp3) is 0.231. The monoisotopic (exact) mass is 279 g/mol. The van der Waals surface area contributed by atoms with E-state index in [2.05, 4.69) is 18.8 Å². The first-order valence-corrected chi connectivity index (χ1v) is 6.78. The smallest absolute Gasteiger partial charge is 0.353 e. The second kappa shape index (κ2) is 5.04. The van der Waals surface area contributed by atoms with Crippen LogP contribution >= 0.6 is 23.6 Å². The fourth-order valence-electron chi connectivity index (χ4n) is 1.70. The molecule has 5 heteroatoms. The van der Waals surface area contributed by atoms with Crippen LogP contribution in [0.5, 0.6) is 0 Å². The number of H-pyrrole nitrogens is 1. The third kappa shape index (κ3) is 2.52. The highest BCUT2D eigenvalue weighted by Gasteiger charge is 2.15. The maximum atomic E-state index is 11.1. The predicted octanol–water partition coefficient (Wildman–Crippen LogP) is 4.29. The first-order chi connectivity index (χ1) is 8.49. The summed E-state index contributed by atoms with van der Waals surface area (Å²) in [6.45, 7) is 4.25. The second-order valence-corrected chi connectivity index (χ2v) is 5.99. The highest BCUT2D eigenvalue weighted by atomic mass is 32.1. The van der Waals surface area contributed by atoms with Gasteiger partial charge in [-0.15, -0.1) is 11.3 Å². The van der Waals surface area contributed by atoms with Crippen molar-refractivity contribution in [3.63, 3.8) is 0 Å². The van der Waals surface area contributed by atoms with Gasteiger partial charge in [0.1, 0.15) is 5.69 Å². The average Bonchev–Trinajstić information content (AvgIpc) is 2.71. The molecule has 0 atom stereocenters. The van der Waals surface area contributed by atoms with E-state index in [4.69, 9.17) is 17.3 Å². The number of aromatic carboxylic acids is 1. The number of carboxylic acid groups (broad SMARTS) is 1. The van der Waals surface area contributed by atoms with Crippen molar-refractivity contribution in [3.8, 4) is 10.4 Å². The highest BCUT2D eigenvalue weighted by molar-refractivity contribution is 7.73. The summed E-state index contributed by atoms with van der Waals surface area (Å²) in [5, 5.41) is 9.11. The molecule has 94 valence electrons. The molecule has 2 rings (SSSR count). The Kier molecular flexibility index (Phi) is 3.63. The Bertz CT molecular complexity index is 623. The zero-order valence-corrected chi connectivity index (χ0v) is 11.7. The molecule has 2 N–H and O–H groups in total. The van der Waals surface area contributed by atoms with E-state index in [-0.39, 0.29) is 5.69 Å². The topological polar surface area (TPSA) is 53.1 Å². The van der Waals surface area contributed by atoms with Gasteiger partial charge in [0.2, 0.25) is 0 Å². The quantitative estimate of drug-likeness (QED) is 0.824. The minimum Gasteiger partial charge on any atom is -0.477 e. The molecule has 0 fully saturated rings. The molecule has 0 aliphatic rings. The fourth-order valence-corrected chi connectivity index (χ4v) is 2.89. The summed E-state index contributed by atoms with van der Waals surface area (Å²) in [6.07, 6.45) is 0. The molecular formula is C13H13NO2S2. The van der Waals surface area contributed by atoms with Crippen LogP contribution in [0.2, 0.25) is 0 Å². The van der Waals surface area contributed by atoms with E-state index >= 15 is 0 Å². The van der Waals surface area contributed by atoms with E-state index in [1.165, 1.54) is 16.9 Å². The minimum atomic E-state index is -0.981. The summed E-state index contributed by atoms with van der Waals surface area (Å²) in [4.78, 5) is 14.5. The van der Waals surface area contributed by atoms with Crippen molar-refractivity contribution in [2.24, 2.45) is 0 Å². The number of thiazole rings is 1. The van der Waals surface area contributed by atoms with Crippen molar-refractivity contribution in [2.45, 2.75) is 19.8 Å². The number of nitrogens with one attached hydrogen (secondary N) is 1. The maximum Gasteiger partial charge on any atom is 0.353 e. The Morgan fingerprint density at radius 3 is 2.44 bits per heavy atom. The van der Waals surface area contributed by atoms with Crippen molar-refractivity contribution >= 4 is 29.5 Å². The number of hydrogen-bond donors (Lipinski definition) is 2. The maximum absolute atomic E-state index is 11.1. The van der Waals surface area contributed by atoms with Gasteiger partial charge in [-0.05, 0) is 29.3 Å². The largest absolute Gasteiger partial charge is 0.477 e. The Morgan fingerprint density at radius 1 is 1.33 bits per heavy atom. The van der Waals surface area contributed by atoms with Gasteiger partial charge >= 0.3 is 5.97 Å². The normalized spacial score (nSPS) is 10.8. The van der Waals surface area contributed by atoms with Crippen LogP contribution in [0.3, 0.4) is 0 Å². The lowest BCUT2D eigenvalue weighted by Gasteiger charge is -2.06. The van der Waals surface area contributed by atoms with E-state index in [0.717, 1.165) is 5.56 Å². The first kappa shape index (κ1) is 13.0. The van der Waals surface area contributed by atoms with Crippen LogP contribution in [0.15, 0.2) is 24.3 Å². The average molecular weight is 279 g/mol. The van der Waals surface area contributed by atoms with Crippen LogP contribution in [0, 0.1) is 3.95 Å². The van der Waals surface area contributed by atoms with Gasteiger partial charge in [0.25, 0.3) is 0 Å². The summed E-state index contributed by atoms with van der Waals surface area (Å²) < 4.78 is 0.482. The molecule has 1 aromatic carbocycles. The molecule has 0 spiro atoms. The molecule has 0 aliphatic heterocycles. The number of carboxylic acids is 1. The van der Waals surface area contributed by atoms with Gasteiger partial charge < -0.3 is 10.1 Å². The van der Waals surface area contributed by atoms with Gasteiger partial charge in [0, 0.05) is 0 Å². The van der Waals surface area contributed by atoms with Crippen molar-refractivity contribution in [1.82, 2.24) is 4.98 Å². The zero-order valence-electron chi connectivity index (χ0n) is 10.1. The summed E-state index contributed by atoms with van der Waals surface area (Å²) >= 11 is 6.30. The van der Waals surface area contributed by atoms with E-state index < -0.39 is 5.97 Å². The van der Waals surface area contributed by atoms with Crippen molar-refractivity contribution in [3.05, 3.63) is 39.5 Å². The Labute approximate surface area is 114 Å². The van der Waals surface area contributed by atoms with Gasteiger partial charge in [0.15, 0.2) is 3.95 Å². The third-order valence-electron chi connectivity index (χ3n) is 2.70. The van der Waals surface area contributed by atoms with Crippen LogP contribution in [0.25, 0.3) is 10.4 Å². The molecule has 0 saturated heterocycles. The minimum absolute atomic E-state index is 0.169. The lowest BCUT2D eigenvalue weighted by Crippen LogP contribution is -1.98. The molecular weight excluding hydrogens is 266 g/mol.